The summed E-state index contributed by atoms with van der Waals surface area (Å²) in [5, 5.41) is 10.8. The average Bonchev–Trinajstić information content (AvgIpc) is 3.40. The van der Waals surface area contributed by atoms with Crippen LogP contribution in [0.15, 0.2) is 23.4 Å². The molecule has 2 aromatic rings. The van der Waals surface area contributed by atoms with Crippen LogP contribution >= 0.6 is 23.4 Å². The highest BCUT2D eigenvalue weighted by Crippen LogP contribution is 2.42. The summed E-state index contributed by atoms with van der Waals surface area (Å²) in [7, 11) is 1.69. The molecule has 1 aliphatic carbocycles. The Morgan fingerprint density at radius 2 is 1.96 bits per heavy atom. The molecule has 1 saturated carbocycles. The number of thioether (sulfide) groups is 1. The minimum atomic E-state index is 0.558. The van der Waals surface area contributed by atoms with Crippen LogP contribution in [-0.4, -0.2) is 35.0 Å². The minimum Gasteiger partial charge on any atom is -0.496 e. The Morgan fingerprint density at radius 1 is 1.19 bits per heavy atom. The van der Waals surface area contributed by atoms with Crippen molar-refractivity contribution in [3.8, 4) is 5.75 Å². The third-order valence-electron chi connectivity index (χ3n) is 5.22. The molecule has 1 aromatic heterocycles. The molecule has 0 amide bonds. The van der Waals surface area contributed by atoms with Crippen LogP contribution < -0.4 is 9.64 Å². The van der Waals surface area contributed by atoms with Crippen LogP contribution in [-0.2, 0) is 5.75 Å². The summed E-state index contributed by atoms with van der Waals surface area (Å²) in [5.74, 6) is 3.50. The second-order valence-electron chi connectivity index (χ2n) is 7.30. The largest absolute Gasteiger partial charge is 0.496 e. The fourth-order valence-electron chi connectivity index (χ4n) is 3.45. The standard InChI is InChI=1S/C19H25ClN4OS/c1-13-7-9-23(10-8-13)18-21-22-19(24(18)16-4-5-16)26-12-14-11-15(20)3-6-17(14)25-2/h3,6,11,13,16H,4-5,7-10,12H2,1-2H3. The predicted octanol–water partition coefficient (Wildman–Crippen LogP) is 4.80. The van der Waals surface area contributed by atoms with Crippen molar-refractivity contribution in [1.82, 2.24) is 14.8 Å². The van der Waals surface area contributed by atoms with E-state index < -0.39 is 0 Å². The van der Waals surface area contributed by atoms with Crippen molar-refractivity contribution >= 4 is 29.3 Å². The van der Waals surface area contributed by atoms with E-state index in [0.717, 1.165) is 52.2 Å². The van der Waals surface area contributed by atoms with Gasteiger partial charge in [-0.05, 0) is 49.8 Å². The number of rotatable bonds is 6. The first kappa shape index (κ1) is 18.0. The summed E-state index contributed by atoms with van der Waals surface area (Å²) >= 11 is 7.88. The lowest BCUT2D eigenvalue weighted by Crippen LogP contribution is -2.34. The van der Waals surface area contributed by atoms with Gasteiger partial charge in [0, 0.05) is 35.5 Å². The summed E-state index contributed by atoms with van der Waals surface area (Å²) in [6, 6.07) is 6.31. The number of hydrogen-bond acceptors (Lipinski definition) is 5. The zero-order chi connectivity index (χ0) is 18.1. The summed E-state index contributed by atoms with van der Waals surface area (Å²) in [4.78, 5) is 2.41. The number of methoxy groups -OCH3 is 1. The maximum absolute atomic E-state index is 6.16. The molecule has 0 bridgehead atoms. The lowest BCUT2D eigenvalue weighted by molar-refractivity contribution is 0.411. The van der Waals surface area contributed by atoms with E-state index in [9.17, 15) is 0 Å². The van der Waals surface area contributed by atoms with Gasteiger partial charge in [-0.1, -0.05) is 30.3 Å². The SMILES string of the molecule is COc1ccc(Cl)cc1CSc1nnc(N2CCC(C)CC2)n1C1CC1. The summed E-state index contributed by atoms with van der Waals surface area (Å²) in [6.07, 6.45) is 4.92. The van der Waals surface area contributed by atoms with E-state index in [4.69, 9.17) is 16.3 Å². The van der Waals surface area contributed by atoms with Crippen molar-refractivity contribution in [3.63, 3.8) is 0 Å². The maximum atomic E-state index is 6.16. The van der Waals surface area contributed by atoms with Crippen molar-refractivity contribution < 1.29 is 4.74 Å². The second-order valence-corrected chi connectivity index (χ2v) is 8.68. The van der Waals surface area contributed by atoms with Crippen LogP contribution in [0.3, 0.4) is 0 Å². The Hall–Kier alpha value is -1.40. The maximum Gasteiger partial charge on any atom is 0.228 e. The number of aromatic nitrogens is 3. The molecule has 2 aliphatic rings. The molecule has 2 fully saturated rings. The number of nitrogens with zero attached hydrogens (tertiary/aromatic N) is 4. The van der Waals surface area contributed by atoms with Gasteiger partial charge >= 0.3 is 0 Å². The Kier molecular flexibility index (Phi) is 5.32. The molecule has 0 radical (unpaired) electrons. The van der Waals surface area contributed by atoms with Gasteiger partial charge in [0.2, 0.25) is 5.95 Å². The number of piperidine rings is 1. The third-order valence-corrected chi connectivity index (χ3v) is 6.45. The summed E-state index contributed by atoms with van der Waals surface area (Å²) in [5.41, 5.74) is 1.09. The highest BCUT2D eigenvalue weighted by atomic mass is 35.5. The van der Waals surface area contributed by atoms with E-state index in [1.54, 1.807) is 18.9 Å². The van der Waals surface area contributed by atoms with Crippen molar-refractivity contribution in [1.29, 1.82) is 0 Å². The second kappa shape index (κ2) is 7.69. The van der Waals surface area contributed by atoms with Gasteiger partial charge in [0.15, 0.2) is 5.16 Å². The number of halogens is 1. The smallest absolute Gasteiger partial charge is 0.228 e. The highest BCUT2D eigenvalue weighted by Gasteiger charge is 2.32. The van der Waals surface area contributed by atoms with E-state index in [1.807, 2.05) is 18.2 Å². The summed E-state index contributed by atoms with van der Waals surface area (Å²) in [6.45, 7) is 4.50. The Morgan fingerprint density at radius 3 is 2.65 bits per heavy atom. The molecule has 0 unspecified atom stereocenters. The van der Waals surface area contributed by atoms with Gasteiger partial charge in [-0.2, -0.15) is 0 Å². The molecule has 0 N–H and O–H groups in total. The predicted molar refractivity (Wildman–Crippen MR) is 106 cm³/mol. The van der Waals surface area contributed by atoms with Gasteiger partial charge in [0.1, 0.15) is 5.75 Å². The van der Waals surface area contributed by atoms with Crippen molar-refractivity contribution in [2.75, 3.05) is 25.1 Å². The van der Waals surface area contributed by atoms with Gasteiger partial charge in [-0.3, -0.25) is 4.57 Å². The van der Waals surface area contributed by atoms with E-state index in [1.165, 1.54) is 25.7 Å². The van der Waals surface area contributed by atoms with Gasteiger partial charge in [0.25, 0.3) is 0 Å². The normalized spacial score (nSPS) is 18.3. The lowest BCUT2D eigenvalue weighted by Gasteiger charge is -2.31. The number of anilines is 1. The van der Waals surface area contributed by atoms with Gasteiger partial charge in [-0.25, -0.2) is 0 Å². The molecular formula is C19H25ClN4OS. The molecule has 26 heavy (non-hydrogen) atoms. The number of hydrogen-bond donors (Lipinski definition) is 0. The molecular weight excluding hydrogens is 368 g/mol. The lowest BCUT2D eigenvalue weighted by atomic mass is 10.00. The van der Waals surface area contributed by atoms with E-state index in [-0.39, 0.29) is 0 Å². The molecule has 140 valence electrons. The first-order valence-electron chi connectivity index (χ1n) is 9.30. The molecule has 0 spiro atoms. The quantitative estimate of drug-likeness (QED) is 0.660. The van der Waals surface area contributed by atoms with Crippen LogP contribution in [0.1, 0.15) is 44.2 Å². The van der Waals surface area contributed by atoms with E-state index in [2.05, 4.69) is 26.6 Å². The zero-order valence-electron chi connectivity index (χ0n) is 15.3. The van der Waals surface area contributed by atoms with E-state index >= 15 is 0 Å². The fourth-order valence-corrected chi connectivity index (χ4v) is 4.62. The van der Waals surface area contributed by atoms with Crippen LogP contribution in [0.4, 0.5) is 5.95 Å². The molecule has 1 aromatic carbocycles. The van der Waals surface area contributed by atoms with Crippen molar-refractivity contribution in [3.05, 3.63) is 28.8 Å². The molecule has 5 nitrogen and oxygen atoms in total. The van der Waals surface area contributed by atoms with E-state index in [0.29, 0.717) is 6.04 Å². The topological polar surface area (TPSA) is 43.2 Å². The Labute approximate surface area is 164 Å². The zero-order valence-corrected chi connectivity index (χ0v) is 16.9. The van der Waals surface area contributed by atoms with Crippen molar-refractivity contribution in [2.45, 2.75) is 49.6 Å². The van der Waals surface area contributed by atoms with Crippen molar-refractivity contribution in [2.24, 2.45) is 5.92 Å². The minimum absolute atomic E-state index is 0.558. The van der Waals surface area contributed by atoms with Crippen LogP contribution in [0, 0.1) is 5.92 Å². The van der Waals surface area contributed by atoms with Crippen LogP contribution in [0.25, 0.3) is 0 Å². The number of ether oxygens (including phenoxy) is 1. The fraction of sp³-hybridized carbons (Fsp3) is 0.579. The van der Waals surface area contributed by atoms with Crippen LogP contribution in [0.5, 0.6) is 5.75 Å². The van der Waals surface area contributed by atoms with Gasteiger partial charge < -0.3 is 9.64 Å². The third kappa shape index (κ3) is 3.81. The molecule has 0 atom stereocenters. The molecule has 1 saturated heterocycles. The van der Waals surface area contributed by atoms with Gasteiger partial charge in [0.05, 0.1) is 7.11 Å². The first-order chi connectivity index (χ1) is 12.7. The molecule has 1 aliphatic heterocycles. The molecule has 2 heterocycles. The molecule has 4 rings (SSSR count). The van der Waals surface area contributed by atoms with Gasteiger partial charge in [-0.15, -0.1) is 10.2 Å². The first-order valence-corrected chi connectivity index (χ1v) is 10.7. The Bertz CT molecular complexity index is 769. The Balaban J connectivity index is 1.53. The van der Waals surface area contributed by atoms with Crippen LogP contribution in [0.2, 0.25) is 5.02 Å². The monoisotopic (exact) mass is 392 g/mol. The highest BCUT2D eigenvalue weighted by molar-refractivity contribution is 7.98. The average molecular weight is 393 g/mol. The summed E-state index contributed by atoms with van der Waals surface area (Å²) < 4.78 is 7.82. The molecule has 7 heteroatoms. The number of benzene rings is 1.